The third-order valence-electron chi connectivity index (χ3n) is 4.67. The lowest BCUT2D eigenvalue weighted by atomic mass is 10.1. The van der Waals surface area contributed by atoms with E-state index in [9.17, 15) is 18.5 Å². The molecule has 2 heterocycles. The number of thiophene rings is 1. The van der Waals surface area contributed by atoms with E-state index < -0.39 is 10.0 Å². The number of anilines is 3. The van der Waals surface area contributed by atoms with Gasteiger partial charge in [0.2, 0.25) is 5.78 Å². The van der Waals surface area contributed by atoms with Crippen molar-refractivity contribution in [2.75, 3.05) is 10.0 Å². The quantitative estimate of drug-likeness (QED) is 0.330. The molecule has 0 spiro atoms. The number of nitrogens with zero attached hydrogens (tertiary/aromatic N) is 2. The van der Waals surface area contributed by atoms with Gasteiger partial charge in [-0.3, -0.25) is 9.52 Å². The molecule has 2 aromatic heterocycles. The number of sulfonamides is 1. The van der Waals surface area contributed by atoms with Crippen LogP contribution in [0.25, 0.3) is 0 Å². The van der Waals surface area contributed by atoms with Crippen molar-refractivity contribution in [3.63, 3.8) is 0 Å². The van der Waals surface area contributed by atoms with Crippen molar-refractivity contribution in [2.24, 2.45) is 0 Å². The molecule has 0 aliphatic rings. The second-order valence-electron chi connectivity index (χ2n) is 7.14. The monoisotopic (exact) mass is 494 g/mol. The molecular weight excluding hydrogens is 476 g/mol. The van der Waals surface area contributed by atoms with E-state index in [0.29, 0.717) is 26.0 Å². The van der Waals surface area contributed by atoms with Gasteiger partial charge in [0.1, 0.15) is 20.8 Å². The molecule has 0 amide bonds. The van der Waals surface area contributed by atoms with E-state index in [1.165, 1.54) is 29.5 Å². The van der Waals surface area contributed by atoms with Crippen molar-refractivity contribution in [1.82, 2.24) is 4.98 Å². The number of nitrogens with one attached hydrogen (secondary N) is 2. The molecule has 0 atom stereocenters. The van der Waals surface area contributed by atoms with E-state index in [4.69, 9.17) is 0 Å². The summed E-state index contributed by atoms with van der Waals surface area (Å²) in [5, 5.41) is 13.2. The van der Waals surface area contributed by atoms with E-state index in [1.54, 1.807) is 19.1 Å². The zero-order valence-corrected chi connectivity index (χ0v) is 20.1. The first-order valence-corrected chi connectivity index (χ1v) is 12.9. The lowest BCUT2D eigenvalue weighted by Gasteiger charge is -2.06. The Balaban J connectivity index is 1.63. The molecule has 7 nitrogen and oxygen atoms in total. The number of hydrogen-bond acceptors (Lipinski definition) is 8. The van der Waals surface area contributed by atoms with Gasteiger partial charge in [-0.25, -0.2) is 13.4 Å². The minimum absolute atomic E-state index is 0.102. The molecule has 0 saturated carbocycles. The molecule has 0 bridgehead atoms. The Bertz CT molecular complexity index is 1470. The number of nitriles is 1. The predicted molar refractivity (Wildman–Crippen MR) is 131 cm³/mol. The van der Waals surface area contributed by atoms with Crippen LogP contribution in [-0.2, 0) is 10.0 Å². The number of thiazole rings is 1. The average molecular weight is 495 g/mol. The number of hydrogen-bond donors (Lipinski definition) is 2. The fourth-order valence-electron chi connectivity index (χ4n) is 3.02. The van der Waals surface area contributed by atoms with Gasteiger partial charge in [-0.2, -0.15) is 5.26 Å². The van der Waals surface area contributed by atoms with Gasteiger partial charge < -0.3 is 5.32 Å². The van der Waals surface area contributed by atoms with Crippen molar-refractivity contribution in [3.05, 3.63) is 87.2 Å². The van der Waals surface area contributed by atoms with Crippen molar-refractivity contribution in [3.8, 4) is 6.07 Å². The molecule has 4 aromatic rings. The van der Waals surface area contributed by atoms with Crippen LogP contribution < -0.4 is 10.0 Å². The molecule has 4 rings (SSSR count). The summed E-state index contributed by atoms with van der Waals surface area (Å²) >= 11 is 2.14. The highest BCUT2D eigenvalue weighted by atomic mass is 32.2. The molecule has 33 heavy (non-hydrogen) atoms. The molecule has 166 valence electrons. The van der Waals surface area contributed by atoms with Crippen LogP contribution in [0, 0.1) is 25.2 Å². The number of rotatable bonds is 7. The summed E-state index contributed by atoms with van der Waals surface area (Å²) in [5.74, 6) is -0.332. The first kappa shape index (κ1) is 22.7. The van der Waals surface area contributed by atoms with Crippen LogP contribution in [0.4, 0.5) is 15.8 Å². The smallest absolute Gasteiger partial charge is 0.263 e. The van der Waals surface area contributed by atoms with Crippen LogP contribution >= 0.6 is 22.7 Å². The Morgan fingerprint density at radius 2 is 1.73 bits per heavy atom. The van der Waals surface area contributed by atoms with E-state index in [2.05, 4.69) is 21.1 Å². The van der Waals surface area contributed by atoms with Gasteiger partial charge in [0, 0.05) is 5.69 Å². The minimum Gasteiger partial charge on any atom is -0.347 e. The lowest BCUT2D eigenvalue weighted by molar-refractivity contribution is 0.104. The van der Waals surface area contributed by atoms with E-state index >= 15 is 0 Å². The summed E-state index contributed by atoms with van der Waals surface area (Å²) < 4.78 is 27.9. The van der Waals surface area contributed by atoms with Crippen LogP contribution in [0.5, 0.6) is 0 Å². The number of benzene rings is 2. The van der Waals surface area contributed by atoms with Crippen LogP contribution in [-0.4, -0.2) is 19.2 Å². The summed E-state index contributed by atoms with van der Waals surface area (Å²) in [6, 6.07) is 19.4. The highest BCUT2D eigenvalue weighted by molar-refractivity contribution is 7.93. The predicted octanol–water partition coefficient (Wildman–Crippen LogP) is 5.47. The molecule has 0 saturated heterocycles. The van der Waals surface area contributed by atoms with Crippen molar-refractivity contribution in [2.45, 2.75) is 18.7 Å². The molecule has 10 heteroatoms. The maximum absolute atomic E-state index is 13.3. The Morgan fingerprint density at radius 3 is 2.39 bits per heavy atom. The molecular formula is C23H18N4O3S3. The Morgan fingerprint density at radius 1 is 1.03 bits per heavy atom. The zero-order chi connectivity index (χ0) is 23.6. The van der Waals surface area contributed by atoms with Crippen LogP contribution in [0.1, 0.15) is 31.4 Å². The van der Waals surface area contributed by atoms with Gasteiger partial charge in [-0.15, -0.1) is 11.3 Å². The molecule has 0 aliphatic heterocycles. The number of carbonyl (C=O) groups is 1. The number of para-hydroxylation sites is 1. The third kappa shape index (κ3) is 4.96. The first-order valence-electron chi connectivity index (χ1n) is 9.74. The van der Waals surface area contributed by atoms with Crippen LogP contribution in [0.15, 0.2) is 65.6 Å². The van der Waals surface area contributed by atoms with E-state index in [0.717, 1.165) is 22.6 Å². The highest BCUT2D eigenvalue weighted by Crippen LogP contribution is 2.35. The molecule has 2 aromatic carbocycles. The fourth-order valence-corrected chi connectivity index (χ4v) is 6.05. The molecule has 2 N–H and O–H groups in total. The van der Waals surface area contributed by atoms with Gasteiger partial charge in [0.15, 0.2) is 5.13 Å². The van der Waals surface area contributed by atoms with Crippen molar-refractivity contribution in [1.29, 1.82) is 5.26 Å². The molecule has 0 unspecified atom stereocenters. The van der Waals surface area contributed by atoms with E-state index in [-0.39, 0.29) is 15.8 Å². The Hall–Kier alpha value is -3.52. The van der Waals surface area contributed by atoms with Crippen molar-refractivity contribution >= 4 is 54.3 Å². The molecule has 0 radical (unpaired) electrons. The maximum Gasteiger partial charge on any atom is 0.263 e. The maximum atomic E-state index is 13.3. The number of carbonyl (C=O) groups excluding carboxylic acids is 1. The van der Waals surface area contributed by atoms with Gasteiger partial charge >= 0.3 is 0 Å². The first-order chi connectivity index (χ1) is 15.8. The second-order valence-corrected chi connectivity index (χ2v) is 10.9. The third-order valence-corrected chi connectivity index (χ3v) is 8.19. The van der Waals surface area contributed by atoms with Crippen LogP contribution in [0.3, 0.4) is 0 Å². The summed E-state index contributed by atoms with van der Waals surface area (Å²) in [6.45, 7) is 3.52. The number of ketones is 1. The SMILES string of the molecule is Cc1ccc(S(=O)(=O)Nc2nc(C)c(C(=O)c3cc(C#N)sc3Nc3ccccc3)s2)cc1. The van der Waals surface area contributed by atoms with Gasteiger partial charge in [0.25, 0.3) is 10.0 Å². The second kappa shape index (κ2) is 9.15. The highest BCUT2D eigenvalue weighted by Gasteiger charge is 2.24. The summed E-state index contributed by atoms with van der Waals surface area (Å²) in [4.78, 5) is 18.4. The normalized spacial score (nSPS) is 11.1. The number of aromatic nitrogens is 1. The summed E-state index contributed by atoms with van der Waals surface area (Å²) in [7, 11) is -3.84. The standard InChI is InChI=1S/C23H18N4O3S3/c1-14-8-10-18(11-9-14)33(29,30)27-23-25-15(2)21(32-23)20(28)19-12-17(13-24)31-22(19)26-16-6-4-3-5-7-16/h3-12,26H,1-2H3,(H,25,27). The van der Waals surface area contributed by atoms with Crippen LogP contribution in [0.2, 0.25) is 0 Å². The van der Waals surface area contributed by atoms with Gasteiger partial charge in [-0.1, -0.05) is 47.2 Å². The average Bonchev–Trinajstić information content (AvgIpc) is 3.36. The summed E-state index contributed by atoms with van der Waals surface area (Å²) in [6.07, 6.45) is 0. The van der Waals surface area contributed by atoms with Crippen molar-refractivity contribution < 1.29 is 13.2 Å². The zero-order valence-electron chi connectivity index (χ0n) is 17.6. The largest absolute Gasteiger partial charge is 0.347 e. The Kier molecular flexibility index (Phi) is 6.29. The molecule has 0 aliphatic carbocycles. The lowest BCUT2D eigenvalue weighted by Crippen LogP contribution is -2.12. The number of aryl methyl sites for hydroxylation is 2. The van der Waals surface area contributed by atoms with Gasteiger partial charge in [0.05, 0.1) is 16.2 Å². The minimum atomic E-state index is -3.84. The van der Waals surface area contributed by atoms with E-state index in [1.807, 2.05) is 37.3 Å². The topological polar surface area (TPSA) is 112 Å². The summed E-state index contributed by atoms with van der Waals surface area (Å²) in [5.41, 5.74) is 2.46. The molecule has 0 fully saturated rings. The Labute approximate surface area is 199 Å². The fraction of sp³-hybridized carbons (Fsp3) is 0.0870. The van der Waals surface area contributed by atoms with Gasteiger partial charge in [-0.05, 0) is 44.2 Å².